The van der Waals surface area contributed by atoms with Crippen LogP contribution in [-0.4, -0.2) is 34.2 Å². The van der Waals surface area contributed by atoms with Crippen molar-refractivity contribution in [1.82, 2.24) is 15.2 Å². The molecule has 0 aliphatic carbocycles. The maximum Gasteiger partial charge on any atom is 0.228 e. The molecule has 2 aromatic carbocycles. The van der Waals surface area contributed by atoms with Crippen molar-refractivity contribution in [3.63, 3.8) is 0 Å². The van der Waals surface area contributed by atoms with Crippen molar-refractivity contribution < 1.29 is 14.4 Å². The van der Waals surface area contributed by atoms with Gasteiger partial charge in [-0.2, -0.15) is 0 Å². The maximum atomic E-state index is 12.9. The maximum absolute atomic E-state index is 12.9. The molecule has 1 aliphatic heterocycles. The summed E-state index contributed by atoms with van der Waals surface area (Å²) in [6, 6.07) is 15.6. The van der Waals surface area contributed by atoms with Crippen LogP contribution in [0.25, 0.3) is 17.3 Å². The largest absolute Gasteiger partial charge is 0.356 e. The third kappa shape index (κ3) is 6.22. The van der Waals surface area contributed by atoms with Gasteiger partial charge in [0, 0.05) is 37.5 Å². The van der Waals surface area contributed by atoms with E-state index in [1.54, 1.807) is 11.1 Å². The van der Waals surface area contributed by atoms with Gasteiger partial charge in [-0.05, 0) is 35.6 Å². The lowest BCUT2D eigenvalue weighted by molar-refractivity contribution is -0.129. The van der Waals surface area contributed by atoms with Gasteiger partial charge in [-0.15, -0.1) is 11.3 Å². The zero-order valence-corrected chi connectivity index (χ0v) is 20.6. The van der Waals surface area contributed by atoms with E-state index in [1.807, 2.05) is 47.9 Å². The first-order valence-electron chi connectivity index (χ1n) is 11.6. The van der Waals surface area contributed by atoms with E-state index < -0.39 is 0 Å². The third-order valence-corrected chi connectivity index (χ3v) is 6.62. The standard InChI is InChI=1S/C27H28N4O3S/c1-18(32)28-14-5-6-20-9-11-22(12-10-20)24-17-35-27(29-24)30-26(34)16-25-23-8-4-3-7-21(23)13-15-31(25)19(2)33/h3-4,7-13,15,17,25H,5-6,14,16H2,1-2H3,(H,28,32)(H,29,30,34). The quantitative estimate of drug-likeness (QED) is 0.447. The Morgan fingerprint density at radius 3 is 2.57 bits per heavy atom. The van der Waals surface area contributed by atoms with Crippen molar-refractivity contribution in [2.75, 3.05) is 11.9 Å². The summed E-state index contributed by atoms with van der Waals surface area (Å²) < 4.78 is 0. The van der Waals surface area contributed by atoms with Gasteiger partial charge >= 0.3 is 0 Å². The highest BCUT2D eigenvalue weighted by Crippen LogP contribution is 2.33. The zero-order valence-electron chi connectivity index (χ0n) is 19.8. The highest BCUT2D eigenvalue weighted by Gasteiger charge is 2.28. The molecule has 0 fully saturated rings. The molecule has 0 bridgehead atoms. The van der Waals surface area contributed by atoms with Crippen molar-refractivity contribution in [2.24, 2.45) is 0 Å². The fourth-order valence-corrected chi connectivity index (χ4v) is 4.86. The Bertz CT molecular complexity index is 1250. The predicted octanol–water partition coefficient (Wildman–Crippen LogP) is 4.78. The van der Waals surface area contributed by atoms with Crippen molar-refractivity contribution >= 4 is 40.3 Å². The number of nitrogens with zero attached hydrogens (tertiary/aromatic N) is 2. The average molecular weight is 489 g/mol. The van der Waals surface area contributed by atoms with Crippen LogP contribution in [0.2, 0.25) is 0 Å². The minimum absolute atomic E-state index is 0.0108. The summed E-state index contributed by atoms with van der Waals surface area (Å²) in [5.41, 5.74) is 4.93. The summed E-state index contributed by atoms with van der Waals surface area (Å²) in [6.45, 7) is 3.69. The molecule has 1 unspecified atom stereocenters. The van der Waals surface area contributed by atoms with Gasteiger partial charge in [0.25, 0.3) is 0 Å². The van der Waals surface area contributed by atoms with Crippen LogP contribution in [0.1, 0.15) is 49.4 Å². The normalized spacial score (nSPS) is 14.3. The van der Waals surface area contributed by atoms with Crippen LogP contribution in [0.3, 0.4) is 0 Å². The number of hydrogen-bond donors (Lipinski definition) is 2. The van der Waals surface area contributed by atoms with Crippen LogP contribution >= 0.6 is 11.3 Å². The number of carbonyl (C=O) groups is 3. The molecule has 0 spiro atoms. The van der Waals surface area contributed by atoms with Gasteiger partial charge in [-0.25, -0.2) is 4.98 Å². The number of fused-ring (bicyclic) bond motifs is 1. The molecule has 3 aromatic rings. The minimum atomic E-state index is -0.355. The Morgan fingerprint density at radius 1 is 1.06 bits per heavy atom. The molecule has 8 heteroatoms. The van der Waals surface area contributed by atoms with Crippen LogP contribution in [0.4, 0.5) is 5.13 Å². The molecule has 1 aromatic heterocycles. The Kier molecular flexibility index (Phi) is 7.72. The van der Waals surface area contributed by atoms with Crippen LogP contribution in [-0.2, 0) is 20.8 Å². The van der Waals surface area contributed by atoms with E-state index in [0.717, 1.165) is 35.2 Å². The first-order chi connectivity index (χ1) is 16.9. The molecule has 2 heterocycles. The van der Waals surface area contributed by atoms with E-state index in [2.05, 4.69) is 27.8 Å². The van der Waals surface area contributed by atoms with E-state index in [9.17, 15) is 14.4 Å². The fourth-order valence-electron chi connectivity index (χ4n) is 4.12. The lowest BCUT2D eigenvalue weighted by Gasteiger charge is -2.32. The summed E-state index contributed by atoms with van der Waals surface area (Å²) in [5, 5.41) is 8.15. The Balaban J connectivity index is 1.37. The number of aromatic nitrogens is 1. The number of amides is 3. The second-order valence-corrected chi connectivity index (χ2v) is 9.32. The molecule has 0 radical (unpaired) electrons. The summed E-state index contributed by atoms with van der Waals surface area (Å²) >= 11 is 1.37. The number of anilines is 1. The second-order valence-electron chi connectivity index (χ2n) is 8.46. The SMILES string of the molecule is CC(=O)NCCCc1ccc(-c2csc(NC(=O)CC3c4ccccc4C=CN3C(C)=O)n2)cc1. The molecule has 180 valence electrons. The highest BCUT2D eigenvalue weighted by molar-refractivity contribution is 7.14. The van der Waals surface area contributed by atoms with Gasteiger partial charge in [0.2, 0.25) is 17.7 Å². The third-order valence-electron chi connectivity index (χ3n) is 5.86. The van der Waals surface area contributed by atoms with Crippen molar-refractivity contribution in [1.29, 1.82) is 0 Å². The lowest BCUT2D eigenvalue weighted by atomic mass is 9.93. The van der Waals surface area contributed by atoms with Gasteiger partial charge in [-0.1, -0.05) is 48.5 Å². The van der Waals surface area contributed by atoms with Gasteiger partial charge in [0.15, 0.2) is 5.13 Å². The molecule has 1 atom stereocenters. The van der Waals surface area contributed by atoms with Gasteiger partial charge in [0.05, 0.1) is 18.2 Å². The van der Waals surface area contributed by atoms with E-state index >= 15 is 0 Å². The number of aryl methyl sites for hydroxylation is 1. The molecule has 4 rings (SSSR count). The van der Waals surface area contributed by atoms with Gasteiger partial charge in [0.1, 0.15) is 0 Å². The van der Waals surface area contributed by atoms with Gasteiger partial charge in [-0.3, -0.25) is 14.4 Å². The van der Waals surface area contributed by atoms with Crippen LogP contribution in [0, 0.1) is 0 Å². The number of hydrogen-bond acceptors (Lipinski definition) is 5. The van der Waals surface area contributed by atoms with E-state index in [-0.39, 0.29) is 30.2 Å². The Morgan fingerprint density at radius 2 is 1.83 bits per heavy atom. The molecular formula is C27H28N4O3S. The van der Waals surface area contributed by atoms with Crippen LogP contribution < -0.4 is 10.6 Å². The summed E-state index contributed by atoms with van der Waals surface area (Å²) in [5.74, 6) is -0.311. The topological polar surface area (TPSA) is 91.4 Å². The molecule has 35 heavy (non-hydrogen) atoms. The van der Waals surface area contributed by atoms with Crippen molar-refractivity contribution in [2.45, 2.75) is 39.2 Å². The molecular weight excluding hydrogens is 460 g/mol. The monoisotopic (exact) mass is 488 g/mol. The van der Waals surface area contributed by atoms with Crippen molar-refractivity contribution in [3.05, 3.63) is 76.8 Å². The number of nitrogens with one attached hydrogen (secondary N) is 2. The van der Waals surface area contributed by atoms with Crippen LogP contribution in [0.15, 0.2) is 60.1 Å². The van der Waals surface area contributed by atoms with Crippen LogP contribution in [0.5, 0.6) is 0 Å². The zero-order chi connectivity index (χ0) is 24.8. The van der Waals surface area contributed by atoms with Gasteiger partial charge < -0.3 is 15.5 Å². The molecule has 3 amide bonds. The number of carbonyl (C=O) groups excluding carboxylic acids is 3. The average Bonchev–Trinajstić information content (AvgIpc) is 3.30. The van der Waals surface area contributed by atoms with E-state index in [0.29, 0.717) is 11.7 Å². The Hall–Kier alpha value is -3.78. The number of rotatable bonds is 8. The first kappa shape index (κ1) is 24.3. The predicted molar refractivity (Wildman–Crippen MR) is 139 cm³/mol. The van der Waals surface area contributed by atoms with E-state index in [4.69, 9.17) is 0 Å². The number of benzene rings is 2. The van der Waals surface area contributed by atoms with E-state index in [1.165, 1.54) is 30.7 Å². The highest BCUT2D eigenvalue weighted by atomic mass is 32.1. The summed E-state index contributed by atoms with van der Waals surface area (Å²) in [7, 11) is 0. The smallest absolute Gasteiger partial charge is 0.228 e. The molecule has 1 aliphatic rings. The number of thiazole rings is 1. The molecule has 0 saturated heterocycles. The molecule has 7 nitrogen and oxygen atoms in total. The first-order valence-corrected chi connectivity index (χ1v) is 12.4. The second kappa shape index (κ2) is 11.1. The van der Waals surface area contributed by atoms with Crippen molar-refractivity contribution in [3.8, 4) is 11.3 Å². The Labute approximate surface area is 208 Å². The summed E-state index contributed by atoms with van der Waals surface area (Å²) in [6.07, 6.45) is 5.55. The fraction of sp³-hybridized carbons (Fsp3) is 0.259. The minimum Gasteiger partial charge on any atom is -0.356 e. The molecule has 2 N–H and O–H groups in total. The molecule has 0 saturated carbocycles. The summed E-state index contributed by atoms with van der Waals surface area (Å²) in [4.78, 5) is 42.2. The lowest BCUT2D eigenvalue weighted by Crippen LogP contribution is -2.33.